The molecule has 2 aromatic heterocycles. The number of benzene rings is 1. The summed E-state index contributed by atoms with van der Waals surface area (Å²) >= 11 is 6.20. The number of rotatable bonds is 4. The second-order valence-electron chi connectivity index (χ2n) is 6.66. The number of nitrogens with one attached hydrogen (secondary N) is 1. The molecule has 0 bridgehead atoms. The Morgan fingerprint density at radius 1 is 1.07 bits per heavy atom. The Labute approximate surface area is 163 Å². The minimum absolute atomic E-state index is 0.264. The van der Waals surface area contributed by atoms with Crippen LogP contribution in [0.1, 0.15) is 28.1 Å². The molecule has 0 fully saturated rings. The van der Waals surface area contributed by atoms with Crippen LogP contribution in [0.5, 0.6) is 0 Å². The molecule has 1 N–H and O–H groups in total. The van der Waals surface area contributed by atoms with Gasteiger partial charge >= 0.3 is 0 Å². The van der Waals surface area contributed by atoms with E-state index in [-0.39, 0.29) is 5.91 Å². The Kier molecular flexibility index (Phi) is 5.19. The molecular formula is C20H22ClN5O. The predicted octanol–water partition coefficient (Wildman–Crippen LogP) is 4.14. The molecule has 3 rings (SSSR count). The van der Waals surface area contributed by atoms with Crippen LogP contribution in [0.25, 0.3) is 11.8 Å². The monoisotopic (exact) mass is 383 g/mol. The average Bonchev–Trinajstić information content (AvgIpc) is 3.04. The summed E-state index contributed by atoms with van der Waals surface area (Å²) in [6.45, 7) is 7.81. The quantitative estimate of drug-likeness (QED) is 0.688. The minimum Gasteiger partial charge on any atom is -0.307 e. The zero-order chi connectivity index (χ0) is 19.7. The fourth-order valence-electron chi connectivity index (χ4n) is 3.02. The van der Waals surface area contributed by atoms with Gasteiger partial charge in [0.2, 0.25) is 5.91 Å². The van der Waals surface area contributed by atoms with Crippen molar-refractivity contribution in [2.75, 3.05) is 5.32 Å². The van der Waals surface area contributed by atoms with Crippen LogP contribution in [0.2, 0.25) is 5.15 Å². The first-order valence-electron chi connectivity index (χ1n) is 8.58. The third kappa shape index (κ3) is 4.11. The molecule has 27 heavy (non-hydrogen) atoms. The van der Waals surface area contributed by atoms with Crippen LogP contribution in [0, 0.1) is 27.7 Å². The van der Waals surface area contributed by atoms with Crippen LogP contribution in [0.15, 0.2) is 30.3 Å². The van der Waals surface area contributed by atoms with E-state index in [1.54, 1.807) is 22.5 Å². The maximum atomic E-state index is 12.4. The molecule has 2 heterocycles. The normalized spacial score (nSPS) is 11.3. The average molecular weight is 384 g/mol. The van der Waals surface area contributed by atoms with Gasteiger partial charge in [-0.15, -0.1) is 0 Å². The summed E-state index contributed by atoms with van der Waals surface area (Å²) in [7, 11) is 1.76. The number of amides is 1. The molecular weight excluding hydrogens is 362 g/mol. The summed E-state index contributed by atoms with van der Waals surface area (Å²) in [5, 5.41) is 12.1. The summed E-state index contributed by atoms with van der Waals surface area (Å²) in [5.41, 5.74) is 5.50. The highest BCUT2D eigenvalue weighted by Gasteiger charge is 2.12. The molecule has 7 heteroatoms. The maximum absolute atomic E-state index is 12.4. The molecule has 0 radical (unpaired) electrons. The van der Waals surface area contributed by atoms with E-state index in [9.17, 15) is 4.79 Å². The van der Waals surface area contributed by atoms with E-state index in [1.807, 2.05) is 45.9 Å². The number of carbonyl (C=O) groups is 1. The van der Waals surface area contributed by atoms with Gasteiger partial charge in [0, 0.05) is 24.8 Å². The highest BCUT2D eigenvalue weighted by molar-refractivity contribution is 6.31. The topological polar surface area (TPSA) is 64.7 Å². The zero-order valence-electron chi connectivity index (χ0n) is 16.0. The summed E-state index contributed by atoms with van der Waals surface area (Å²) in [4.78, 5) is 12.4. The molecule has 0 saturated heterocycles. The molecule has 0 aliphatic carbocycles. The molecule has 0 aliphatic heterocycles. The fourth-order valence-corrected chi connectivity index (χ4v) is 3.26. The van der Waals surface area contributed by atoms with Gasteiger partial charge in [0.05, 0.1) is 17.1 Å². The van der Waals surface area contributed by atoms with Gasteiger partial charge in [-0.3, -0.25) is 9.48 Å². The van der Waals surface area contributed by atoms with Crippen LogP contribution in [0.4, 0.5) is 5.82 Å². The van der Waals surface area contributed by atoms with E-state index in [0.717, 1.165) is 33.8 Å². The Morgan fingerprint density at radius 2 is 1.74 bits per heavy atom. The molecule has 0 saturated carbocycles. The molecule has 0 atom stereocenters. The summed E-state index contributed by atoms with van der Waals surface area (Å²) in [5.74, 6) is 0.348. The lowest BCUT2D eigenvalue weighted by Crippen LogP contribution is -2.12. The van der Waals surface area contributed by atoms with Crippen molar-refractivity contribution in [3.63, 3.8) is 0 Å². The van der Waals surface area contributed by atoms with Gasteiger partial charge in [-0.25, -0.2) is 4.68 Å². The number of hydrogen-bond acceptors (Lipinski definition) is 3. The van der Waals surface area contributed by atoms with Crippen LogP contribution in [-0.4, -0.2) is 25.5 Å². The summed E-state index contributed by atoms with van der Waals surface area (Å²) in [6, 6.07) is 8.00. The standard InChI is InChI=1S/C20H22ClN5O/c1-12-8-13(2)10-16(9-12)26-18(11-14(3)23-26)22-19(27)7-6-17-15(4)24-25(5)20(17)21/h6-11H,1-5H3,(H,22,27)/b7-6+. The summed E-state index contributed by atoms with van der Waals surface area (Å²) in [6.07, 6.45) is 3.12. The van der Waals surface area contributed by atoms with Gasteiger partial charge in [-0.05, 0) is 57.0 Å². The van der Waals surface area contributed by atoms with Gasteiger partial charge in [0.1, 0.15) is 11.0 Å². The van der Waals surface area contributed by atoms with E-state index in [1.165, 1.54) is 6.08 Å². The number of halogens is 1. The van der Waals surface area contributed by atoms with Gasteiger partial charge in [0.25, 0.3) is 0 Å². The van der Waals surface area contributed by atoms with Crippen molar-refractivity contribution in [1.29, 1.82) is 0 Å². The SMILES string of the molecule is Cc1cc(C)cc(-n2nc(C)cc2NC(=O)/C=C/c2c(C)nn(C)c2Cl)c1. The van der Waals surface area contributed by atoms with Crippen molar-refractivity contribution in [3.8, 4) is 5.69 Å². The lowest BCUT2D eigenvalue weighted by molar-refractivity contribution is -0.111. The van der Waals surface area contributed by atoms with Crippen LogP contribution < -0.4 is 5.32 Å². The van der Waals surface area contributed by atoms with E-state index in [0.29, 0.717) is 11.0 Å². The molecule has 140 valence electrons. The van der Waals surface area contributed by atoms with Crippen molar-refractivity contribution < 1.29 is 4.79 Å². The second kappa shape index (κ2) is 7.40. The molecule has 0 spiro atoms. The molecule has 1 amide bonds. The van der Waals surface area contributed by atoms with E-state index in [4.69, 9.17) is 11.6 Å². The van der Waals surface area contributed by atoms with Crippen molar-refractivity contribution in [1.82, 2.24) is 19.6 Å². The number of aromatic nitrogens is 4. The Hall–Kier alpha value is -2.86. The van der Waals surface area contributed by atoms with E-state index in [2.05, 4.69) is 21.6 Å². The third-order valence-corrected chi connectivity index (χ3v) is 4.58. The van der Waals surface area contributed by atoms with Crippen molar-refractivity contribution in [3.05, 3.63) is 63.6 Å². The third-order valence-electron chi connectivity index (χ3n) is 4.13. The fraction of sp³-hybridized carbons (Fsp3) is 0.250. The first-order chi connectivity index (χ1) is 12.7. The van der Waals surface area contributed by atoms with Crippen molar-refractivity contribution in [2.45, 2.75) is 27.7 Å². The molecule has 3 aromatic rings. The number of nitrogens with zero attached hydrogens (tertiary/aromatic N) is 4. The largest absolute Gasteiger partial charge is 0.307 e. The maximum Gasteiger partial charge on any atom is 0.249 e. The smallest absolute Gasteiger partial charge is 0.249 e. The highest BCUT2D eigenvalue weighted by atomic mass is 35.5. The predicted molar refractivity (Wildman–Crippen MR) is 108 cm³/mol. The molecule has 0 unspecified atom stereocenters. The van der Waals surface area contributed by atoms with Gasteiger partial charge < -0.3 is 5.32 Å². The lowest BCUT2D eigenvalue weighted by atomic mass is 10.1. The number of aryl methyl sites for hydroxylation is 5. The molecule has 6 nitrogen and oxygen atoms in total. The number of anilines is 1. The molecule has 1 aromatic carbocycles. The highest BCUT2D eigenvalue weighted by Crippen LogP contribution is 2.21. The second-order valence-corrected chi connectivity index (χ2v) is 7.02. The molecule has 0 aliphatic rings. The van der Waals surface area contributed by atoms with Crippen molar-refractivity contribution >= 4 is 29.4 Å². The Morgan fingerprint density at radius 3 is 2.33 bits per heavy atom. The van der Waals surface area contributed by atoms with Gasteiger partial charge in [0.15, 0.2) is 0 Å². The van der Waals surface area contributed by atoms with Crippen molar-refractivity contribution in [2.24, 2.45) is 7.05 Å². The first kappa shape index (κ1) is 18.9. The zero-order valence-corrected chi connectivity index (χ0v) is 16.8. The van der Waals surface area contributed by atoms with Crippen LogP contribution >= 0.6 is 11.6 Å². The summed E-state index contributed by atoms with van der Waals surface area (Å²) < 4.78 is 3.32. The minimum atomic E-state index is -0.264. The van der Waals surface area contributed by atoms with Crippen LogP contribution in [0.3, 0.4) is 0 Å². The van der Waals surface area contributed by atoms with Gasteiger partial charge in [-0.2, -0.15) is 10.2 Å². The van der Waals surface area contributed by atoms with Gasteiger partial charge in [-0.1, -0.05) is 17.7 Å². The number of hydrogen-bond donors (Lipinski definition) is 1. The van der Waals surface area contributed by atoms with E-state index < -0.39 is 0 Å². The van der Waals surface area contributed by atoms with E-state index >= 15 is 0 Å². The number of carbonyl (C=O) groups excluding carboxylic acids is 1. The van der Waals surface area contributed by atoms with Crippen LogP contribution in [-0.2, 0) is 11.8 Å². The first-order valence-corrected chi connectivity index (χ1v) is 8.96. The Bertz CT molecular complexity index is 1020. The Balaban J connectivity index is 1.86. The lowest BCUT2D eigenvalue weighted by Gasteiger charge is -2.09.